The molecule has 31 heavy (non-hydrogen) atoms. The van der Waals surface area contributed by atoms with Gasteiger partial charge in [0.25, 0.3) is 5.91 Å². The van der Waals surface area contributed by atoms with Crippen molar-refractivity contribution < 1.29 is 14.4 Å². The third kappa shape index (κ3) is 4.64. The highest BCUT2D eigenvalue weighted by Crippen LogP contribution is 2.30. The number of carbonyl (C=O) groups excluding carboxylic acids is 3. The van der Waals surface area contributed by atoms with Crippen LogP contribution in [0.15, 0.2) is 72.8 Å². The van der Waals surface area contributed by atoms with E-state index in [0.29, 0.717) is 29.9 Å². The van der Waals surface area contributed by atoms with Gasteiger partial charge in [-0.15, -0.1) is 0 Å². The number of carbonyl (C=O) groups is 3. The summed E-state index contributed by atoms with van der Waals surface area (Å²) in [5, 5.41) is 5.57. The molecule has 0 unspecified atom stereocenters. The van der Waals surface area contributed by atoms with Crippen molar-refractivity contribution in [2.24, 2.45) is 0 Å². The molecule has 4 rings (SSSR count). The molecule has 156 valence electrons. The first-order chi connectivity index (χ1) is 15.0. The molecule has 0 aromatic heterocycles. The van der Waals surface area contributed by atoms with Gasteiger partial charge in [-0.3, -0.25) is 9.59 Å². The van der Waals surface area contributed by atoms with Crippen molar-refractivity contribution in [3.8, 4) is 0 Å². The minimum Gasteiger partial charge on any atom is -0.334 e. The maximum Gasteiger partial charge on any atom is 0.319 e. The number of benzene rings is 3. The number of anilines is 2. The Hall–Kier alpha value is -3.93. The maximum absolute atomic E-state index is 12.9. The lowest BCUT2D eigenvalue weighted by Crippen LogP contribution is -2.29. The highest BCUT2D eigenvalue weighted by atomic mass is 16.2. The summed E-state index contributed by atoms with van der Waals surface area (Å²) in [6, 6.07) is 21.6. The Morgan fingerprint density at radius 1 is 0.903 bits per heavy atom. The van der Waals surface area contributed by atoms with Crippen LogP contribution in [0, 0.1) is 0 Å². The summed E-state index contributed by atoms with van der Waals surface area (Å²) in [5.41, 5.74) is 4.67. The maximum atomic E-state index is 12.9. The van der Waals surface area contributed by atoms with Crippen LogP contribution < -0.4 is 15.5 Å². The number of hydrogen-bond donors (Lipinski definition) is 2. The van der Waals surface area contributed by atoms with Gasteiger partial charge in [0, 0.05) is 35.6 Å². The molecular weight excluding hydrogens is 390 g/mol. The zero-order valence-corrected chi connectivity index (χ0v) is 17.2. The highest BCUT2D eigenvalue weighted by molar-refractivity contribution is 6.07. The predicted octanol–water partition coefficient (Wildman–Crippen LogP) is 4.41. The number of urea groups is 1. The molecule has 6 nitrogen and oxygen atoms in total. The zero-order valence-electron chi connectivity index (χ0n) is 17.2. The number of rotatable bonds is 5. The van der Waals surface area contributed by atoms with Crippen LogP contribution in [-0.2, 0) is 13.0 Å². The van der Waals surface area contributed by atoms with E-state index in [0.717, 1.165) is 23.2 Å². The monoisotopic (exact) mass is 413 g/mol. The molecule has 0 fully saturated rings. The summed E-state index contributed by atoms with van der Waals surface area (Å²) in [4.78, 5) is 38.5. The fraction of sp³-hybridized carbons (Fsp3) is 0.160. The fourth-order valence-corrected chi connectivity index (χ4v) is 3.66. The van der Waals surface area contributed by atoms with Crippen molar-refractivity contribution in [1.82, 2.24) is 5.32 Å². The van der Waals surface area contributed by atoms with Gasteiger partial charge in [0.2, 0.25) is 0 Å². The third-order valence-electron chi connectivity index (χ3n) is 5.29. The van der Waals surface area contributed by atoms with E-state index in [2.05, 4.69) is 10.6 Å². The smallest absolute Gasteiger partial charge is 0.319 e. The first-order valence-electron chi connectivity index (χ1n) is 10.2. The highest BCUT2D eigenvalue weighted by Gasteiger charge is 2.25. The largest absolute Gasteiger partial charge is 0.334 e. The molecule has 1 aliphatic heterocycles. The van der Waals surface area contributed by atoms with Gasteiger partial charge in [0.15, 0.2) is 5.78 Å². The lowest BCUT2D eigenvalue weighted by atomic mass is 10.1. The number of nitrogens with one attached hydrogen (secondary N) is 2. The SMILES string of the molecule is CC(=O)c1cccc(NC(=O)NCc2ccc3c(c2)N(C(=O)c2ccccc2)CC3)c1. The molecule has 0 bridgehead atoms. The average Bonchev–Trinajstić information content (AvgIpc) is 3.21. The van der Waals surface area contributed by atoms with E-state index in [1.54, 1.807) is 29.2 Å². The number of hydrogen-bond acceptors (Lipinski definition) is 3. The quantitative estimate of drug-likeness (QED) is 0.608. The lowest BCUT2D eigenvalue weighted by molar-refractivity contribution is 0.0987. The summed E-state index contributed by atoms with van der Waals surface area (Å²) in [6.07, 6.45) is 0.814. The summed E-state index contributed by atoms with van der Waals surface area (Å²) in [5.74, 6) is -0.0793. The molecule has 3 aromatic carbocycles. The van der Waals surface area contributed by atoms with E-state index < -0.39 is 0 Å². The van der Waals surface area contributed by atoms with Crippen molar-refractivity contribution in [2.45, 2.75) is 19.9 Å². The molecule has 0 atom stereocenters. The van der Waals surface area contributed by atoms with Gasteiger partial charge >= 0.3 is 6.03 Å². The van der Waals surface area contributed by atoms with E-state index in [1.165, 1.54) is 6.92 Å². The minimum atomic E-state index is -0.363. The number of amides is 3. The first-order valence-corrected chi connectivity index (χ1v) is 10.2. The Bertz CT molecular complexity index is 1140. The van der Waals surface area contributed by atoms with Gasteiger partial charge in [-0.1, -0.05) is 42.5 Å². The molecule has 1 aliphatic rings. The third-order valence-corrected chi connectivity index (χ3v) is 5.29. The van der Waals surface area contributed by atoms with Crippen molar-refractivity contribution in [2.75, 3.05) is 16.8 Å². The number of Topliss-reactive ketones (excluding diaryl/α,β-unsaturated/α-hetero) is 1. The van der Waals surface area contributed by atoms with Crippen LogP contribution in [0.25, 0.3) is 0 Å². The summed E-state index contributed by atoms with van der Waals surface area (Å²) in [6.45, 7) is 2.45. The summed E-state index contributed by atoms with van der Waals surface area (Å²) < 4.78 is 0. The van der Waals surface area contributed by atoms with Crippen LogP contribution in [-0.4, -0.2) is 24.3 Å². The lowest BCUT2D eigenvalue weighted by Gasteiger charge is -2.18. The second-order valence-electron chi connectivity index (χ2n) is 7.48. The molecule has 0 saturated heterocycles. The molecule has 0 saturated carbocycles. The van der Waals surface area contributed by atoms with Gasteiger partial charge in [-0.2, -0.15) is 0 Å². The second-order valence-corrected chi connectivity index (χ2v) is 7.48. The molecule has 0 spiro atoms. The Morgan fingerprint density at radius 3 is 2.45 bits per heavy atom. The predicted molar refractivity (Wildman–Crippen MR) is 121 cm³/mol. The number of nitrogens with zero attached hydrogens (tertiary/aromatic N) is 1. The van der Waals surface area contributed by atoms with Crippen LogP contribution in [0.5, 0.6) is 0 Å². The van der Waals surface area contributed by atoms with Crippen molar-refractivity contribution in [3.05, 3.63) is 95.1 Å². The topological polar surface area (TPSA) is 78.5 Å². The van der Waals surface area contributed by atoms with Gasteiger partial charge in [0.05, 0.1) is 0 Å². The van der Waals surface area contributed by atoms with Crippen LogP contribution in [0.1, 0.15) is 38.8 Å². The zero-order chi connectivity index (χ0) is 21.8. The Balaban J connectivity index is 1.41. The van der Waals surface area contributed by atoms with E-state index in [9.17, 15) is 14.4 Å². The first kappa shape index (κ1) is 20.3. The van der Waals surface area contributed by atoms with Gasteiger partial charge in [0.1, 0.15) is 0 Å². The van der Waals surface area contributed by atoms with Gasteiger partial charge < -0.3 is 15.5 Å². The van der Waals surface area contributed by atoms with Gasteiger partial charge in [-0.25, -0.2) is 4.79 Å². The van der Waals surface area contributed by atoms with Crippen LogP contribution in [0.3, 0.4) is 0 Å². The molecule has 2 N–H and O–H groups in total. The Kier molecular flexibility index (Phi) is 5.80. The van der Waals surface area contributed by atoms with Crippen molar-refractivity contribution >= 4 is 29.1 Å². The van der Waals surface area contributed by atoms with E-state index in [4.69, 9.17) is 0 Å². The molecule has 3 aromatic rings. The molecule has 1 heterocycles. The number of fused-ring (bicyclic) bond motifs is 1. The number of ketones is 1. The van der Waals surface area contributed by atoms with E-state index in [1.807, 2.05) is 48.5 Å². The average molecular weight is 413 g/mol. The summed E-state index contributed by atoms with van der Waals surface area (Å²) in [7, 11) is 0. The molecule has 6 heteroatoms. The van der Waals surface area contributed by atoms with E-state index in [-0.39, 0.29) is 17.7 Å². The normalized spacial score (nSPS) is 12.2. The second kappa shape index (κ2) is 8.83. The minimum absolute atomic E-state index is 0.0208. The molecule has 0 radical (unpaired) electrons. The van der Waals surface area contributed by atoms with Crippen LogP contribution in [0.2, 0.25) is 0 Å². The van der Waals surface area contributed by atoms with Crippen LogP contribution >= 0.6 is 0 Å². The summed E-state index contributed by atoms with van der Waals surface area (Å²) >= 11 is 0. The standard InChI is InChI=1S/C25H23N3O3/c1-17(29)21-8-5-9-22(15-21)27-25(31)26-16-18-10-11-19-12-13-28(23(19)14-18)24(30)20-6-3-2-4-7-20/h2-11,14-15H,12-13,16H2,1H3,(H2,26,27,31). The van der Waals surface area contributed by atoms with Crippen LogP contribution in [0.4, 0.5) is 16.2 Å². The van der Waals surface area contributed by atoms with Gasteiger partial charge in [-0.05, 0) is 54.8 Å². The molecule has 0 aliphatic carbocycles. The van der Waals surface area contributed by atoms with Crippen molar-refractivity contribution in [3.63, 3.8) is 0 Å². The molecular formula is C25H23N3O3. The molecule has 3 amide bonds. The Labute approximate surface area is 180 Å². The fourth-order valence-electron chi connectivity index (χ4n) is 3.66. The van der Waals surface area contributed by atoms with E-state index >= 15 is 0 Å². The van der Waals surface area contributed by atoms with Crippen molar-refractivity contribution in [1.29, 1.82) is 0 Å². The Morgan fingerprint density at radius 2 is 1.68 bits per heavy atom.